The average molecular weight is 790 g/mol. The molecule has 0 heterocycles. The van der Waals surface area contributed by atoms with Crippen LogP contribution in [0.15, 0.2) is 12.2 Å². The highest BCUT2D eigenvalue weighted by atomic mass is 31.2. The molecule has 0 saturated carbocycles. The lowest BCUT2D eigenvalue weighted by molar-refractivity contribution is -0.161. The van der Waals surface area contributed by atoms with Crippen LogP contribution in [0.1, 0.15) is 206 Å². The Hall–Kier alpha value is -1.78. The van der Waals surface area contributed by atoms with Gasteiger partial charge >= 0.3 is 25.7 Å². The fourth-order valence-corrected chi connectivity index (χ4v) is 6.84. The molecule has 1 unspecified atom stereocenters. The van der Waals surface area contributed by atoms with Crippen molar-refractivity contribution in [1.29, 1.82) is 0 Å². The fraction of sp³-hybridized carbons (Fsp3) is 0.881. The van der Waals surface area contributed by atoms with E-state index < -0.39 is 51.1 Å². The number of hydrogen-bond acceptors (Lipinski definition) is 9. The Bertz CT molecular complexity index is 979. The lowest BCUT2D eigenvalue weighted by Crippen LogP contribution is -2.34. The summed E-state index contributed by atoms with van der Waals surface area (Å²) >= 11 is 0. The molecule has 0 aromatic rings. The Morgan fingerprint density at radius 2 is 0.926 bits per heavy atom. The molecule has 12 heteroatoms. The summed E-state index contributed by atoms with van der Waals surface area (Å²) in [7, 11) is -4.71. The SMILES string of the molecule is CCCCCC/C=C/CCCCCCCC(=O)O[C@H](COC(=O)CCCCCCCCCCCCCCCCCCC)COP(=O)(O)OC[C@H](N)C(=O)O. The van der Waals surface area contributed by atoms with Gasteiger partial charge < -0.3 is 25.2 Å². The van der Waals surface area contributed by atoms with Gasteiger partial charge in [-0.1, -0.05) is 167 Å². The van der Waals surface area contributed by atoms with Crippen LogP contribution in [-0.2, 0) is 37.5 Å². The number of aliphatic carboxylic acids is 1. The van der Waals surface area contributed by atoms with Crippen molar-refractivity contribution in [1.82, 2.24) is 0 Å². The van der Waals surface area contributed by atoms with Gasteiger partial charge in [-0.05, 0) is 38.5 Å². The number of ether oxygens (including phenoxy) is 2. The zero-order chi connectivity index (χ0) is 40.0. The molecule has 0 saturated heterocycles. The van der Waals surface area contributed by atoms with E-state index >= 15 is 0 Å². The van der Waals surface area contributed by atoms with Crippen molar-refractivity contribution in [2.75, 3.05) is 19.8 Å². The van der Waals surface area contributed by atoms with E-state index in [9.17, 15) is 23.8 Å². The van der Waals surface area contributed by atoms with E-state index in [1.807, 2.05) is 0 Å². The fourth-order valence-electron chi connectivity index (χ4n) is 6.06. The van der Waals surface area contributed by atoms with Crippen LogP contribution in [0.2, 0.25) is 0 Å². The maximum Gasteiger partial charge on any atom is 0.472 e. The summed E-state index contributed by atoms with van der Waals surface area (Å²) in [6, 6.07) is -1.52. The van der Waals surface area contributed by atoms with Crippen molar-refractivity contribution in [2.24, 2.45) is 5.73 Å². The van der Waals surface area contributed by atoms with Gasteiger partial charge in [0.2, 0.25) is 0 Å². The molecule has 0 amide bonds. The van der Waals surface area contributed by atoms with E-state index in [2.05, 4.69) is 30.5 Å². The molecule has 0 rings (SSSR count). The summed E-state index contributed by atoms with van der Waals surface area (Å²) in [5, 5.41) is 8.88. The molecule has 54 heavy (non-hydrogen) atoms. The number of esters is 2. The molecule has 0 aromatic carbocycles. The predicted molar refractivity (Wildman–Crippen MR) is 217 cm³/mol. The number of rotatable bonds is 41. The number of carboxylic acid groups (broad SMARTS) is 1. The van der Waals surface area contributed by atoms with E-state index in [4.69, 9.17) is 24.8 Å². The number of hydrogen-bond donors (Lipinski definition) is 3. The van der Waals surface area contributed by atoms with Crippen molar-refractivity contribution in [3.63, 3.8) is 0 Å². The zero-order valence-electron chi connectivity index (χ0n) is 34.3. The van der Waals surface area contributed by atoms with Crippen molar-refractivity contribution in [3.8, 4) is 0 Å². The van der Waals surface area contributed by atoms with E-state index in [1.165, 1.54) is 109 Å². The number of nitrogens with two attached hydrogens (primary N) is 1. The van der Waals surface area contributed by atoms with Crippen molar-refractivity contribution < 1.29 is 47.5 Å². The zero-order valence-corrected chi connectivity index (χ0v) is 35.2. The van der Waals surface area contributed by atoms with Gasteiger partial charge in [0.15, 0.2) is 6.10 Å². The van der Waals surface area contributed by atoms with Gasteiger partial charge in [-0.3, -0.25) is 23.4 Å². The summed E-state index contributed by atoms with van der Waals surface area (Å²) in [6.07, 6.45) is 37.0. The van der Waals surface area contributed by atoms with Crippen LogP contribution in [0.4, 0.5) is 0 Å². The van der Waals surface area contributed by atoms with E-state index in [0.717, 1.165) is 57.8 Å². The second-order valence-electron chi connectivity index (χ2n) is 14.8. The Morgan fingerprint density at radius 1 is 0.556 bits per heavy atom. The maximum atomic E-state index is 12.6. The minimum Gasteiger partial charge on any atom is -0.480 e. The second-order valence-corrected chi connectivity index (χ2v) is 16.3. The Labute approximate surface area is 328 Å². The molecule has 0 aliphatic carbocycles. The molecule has 0 aromatic heterocycles. The molecular formula is C42H80NO10P. The Kier molecular flexibility index (Phi) is 36.9. The Morgan fingerprint density at radius 3 is 1.37 bits per heavy atom. The maximum absolute atomic E-state index is 12.6. The largest absolute Gasteiger partial charge is 0.480 e. The predicted octanol–water partition coefficient (Wildman–Crippen LogP) is 11.3. The van der Waals surface area contributed by atoms with Gasteiger partial charge in [0.1, 0.15) is 12.6 Å². The first-order chi connectivity index (χ1) is 26.1. The van der Waals surface area contributed by atoms with Crippen LogP contribution in [0, 0.1) is 0 Å². The third-order valence-corrected chi connectivity index (χ3v) is 10.5. The topological polar surface area (TPSA) is 172 Å². The normalized spacial score (nSPS) is 13.9. The number of phosphoric ester groups is 1. The highest BCUT2D eigenvalue weighted by Gasteiger charge is 2.28. The standard InChI is InChI=1S/C42H80NO10P/c1-3-5-7-9-11-13-15-17-18-19-20-22-23-25-27-29-31-33-40(44)50-35-38(36-51-54(48,49)52-37-39(43)42(46)47)53-41(45)34-32-30-28-26-24-21-16-14-12-10-8-6-4-2/h14,16,38-39H,3-13,15,17-37,43H2,1-2H3,(H,46,47)(H,48,49)/b16-14+/t38-,39+/m1/s1. The van der Waals surface area contributed by atoms with E-state index in [1.54, 1.807) is 0 Å². The summed E-state index contributed by atoms with van der Waals surface area (Å²) in [5.41, 5.74) is 5.33. The van der Waals surface area contributed by atoms with Gasteiger partial charge in [-0.25, -0.2) is 4.57 Å². The highest BCUT2D eigenvalue weighted by Crippen LogP contribution is 2.43. The van der Waals surface area contributed by atoms with Crippen LogP contribution < -0.4 is 5.73 Å². The van der Waals surface area contributed by atoms with Gasteiger partial charge in [0.25, 0.3) is 0 Å². The summed E-state index contributed by atoms with van der Waals surface area (Å²) < 4.78 is 32.7. The number of carbonyl (C=O) groups excluding carboxylic acids is 2. The number of carboxylic acids is 1. The first-order valence-electron chi connectivity index (χ1n) is 21.7. The van der Waals surface area contributed by atoms with Gasteiger partial charge in [-0.15, -0.1) is 0 Å². The molecule has 3 atom stereocenters. The van der Waals surface area contributed by atoms with Crippen LogP contribution in [0.3, 0.4) is 0 Å². The first kappa shape index (κ1) is 52.2. The molecule has 0 radical (unpaired) electrons. The quantitative estimate of drug-likeness (QED) is 0.0233. The molecule has 11 nitrogen and oxygen atoms in total. The molecule has 4 N–H and O–H groups in total. The van der Waals surface area contributed by atoms with Gasteiger partial charge in [0, 0.05) is 12.8 Å². The summed E-state index contributed by atoms with van der Waals surface area (Å²) in [4.78, 5) is 45.9. The first-order valence-corrected chi connectivity index (χ1v) is 23.2. The molecule has 0 bridgehead atoms. The van der Waals surface area contributed by atoms with E-state index in [0.29, 0.717) is 12.8 Å². The number of allylic oxidation sites excluding steroid dienone is 2. The van der Waals surface area contributed by atoms with Crippen molar-refractivity contribution in [2.45, 2.75) is 219 Å². The molecule has 0 spiro atoms. The third kappa shape index (κ3) is 37.2. The summed E-state index contributed by atoms with van der Waals surface area (Å²) in [6.45, 7) is 2.80. The number of phosphoric acid groups is 1. The monoisotopic (exact) mass is 790 g/mol. The smallest absolute Gasteiger partial charge is 0.472 e. The molecule has 0 aliphatic rings. The van der Waals surface area contributed by atoms with Crippen LogP contribution >= 0.6 is 7.82 Å². The molecular weight excluding hydrogens is 709 g/mol. The van der Waals surface area contributed by atoms with Gasteiger partial charge in [-0.2, -0.15) is 0 Å². The van der Waals surface area contributed by atoms with Crippen LogP contribution in [0.25, 0.3) is 0 Å². The second kappa shape index (κ2) is 38.1. The van der Waals surface area contributed by atoms with Crippen molar-refractivity contribution >= 4 is 25.7 Å². The lowest BCUT2D eigenvalue weighted by atomic mass is 10.0. The number of carbonyl (C=O) groups is 3. The van der Waals surface area contributed by atoms with Crippen LogP contribution in [-0.4, -0.2) is 59.9 Å². The molecule has 0 aliphatic heterocycles. The summed E-state index contributed by atoms with van der Waals surface area (Å²) in [5.74, 6) is -2.38. The van der Waals surface area contributed by atoms with Crippen molar-refractivity contribution in [3.05, 3.63) is 12.2 Å². The average Bonchev–Trinajstić information content (AvgIpc) is 3.14. The third-order valence-electron chi connectivity index (χ3n) is 9.51. The minimum absolute atomic E-state index is 0.155. The van der Waals surface area contributed by atoms with E-state index in [-0.39, 0.29) is 19.4 Å². The molecule has 318 valence electrons. The highest BCUT2D eigenvalue weighted by molar-refractivity contribution is 7.47. The number of unbranched alkanes of at least 4 members (excludes halogenated alkanes) is 25. The van der Waals surface area contributed by atoms with Crippen LogP contribution in [0.5, 0.6) is 0 Å². The van der Waals surface area contributed by atoms with Gasteiger partial charge in [0.05, 0.1) is 13.2 Å². The molecule has 0 fully saturated rings. The Balaban J connectivity index is 4.32. The minimum atomic E-state index is -4.71. The lowest BCUT2D eigenvalue weighted by Gasteiger charge is -2.20.